The first-order valence-electron chi connectivity index (χ1n) is 7.06. The van der Waals surface area contributed by atoms with Crippen molar-refractivity contribution in [2.45, 2.75) is 26.3 Å². The van der Waals surface area contributed by atoms with E-state index in [1.54, 1.807) is 12.1 Å². The van der Waals surface area contributed by atoms with E-state index in [9.17, 15) is 8.78 Å². The van der Waals surface area contributed by atoms with Gasteiger partial charge in [0.25, 0.3) is 0 Å². The third kappa shape index (κ3) is 4.26. The maximum Gasteiger partial charge on any atom is 0.168 e. The molecule has 0 fully saturated rings. The van der Waals surface area contributed by atoms with Crippen molar-refractivity contribution in [3.05, 3.63) is 59.7 Å². The highest BCUT2D eigenvalue weighted by atomic mass is 19.1. The van der Waals surface area contributed by atoms with Crippen LogP contribution in [0.15, 0.2) is 42.5 Å². The van der Waals surface area contributed by atoms with E-state index in [-0.39, 0.29) is 11.8 Å². The molecule has 112 valence electrons. The number of rotatable bonds is 6. The molecule has 1 unspecified atom stereocenters. The van der Waals surface area contributed by atoms with Crippen LogP contribution in [0.1, 0.15) is 31.9 Å². The van der Waals surface area contributed by atoms with Crippen LogP contribution in [0, 0.1) is 11.6 Å². The lowest BCUT2D eigenvalue weighted by atomic mass is 10.1. The largest absolute Gasteiger partial charge is 0.454 e. The molecule has 0 aliphatic heterocycles. The van der Waals surface area contributed by atoms with Gasteiger partial charge in [0.15, 0.2) is 11.6 Å². The van der Waals surface area contributed by atoms with Gasteiger partial charge in [-0.3, -0.25) is 0 Å². The number of halogens is 2. The van der Waals surface area contributed by atoms with Crippen LogP contribution in [0.5, 0.6) is 11.5 Å². The van der Waals surface area contributed by atoms with Crippen LogP contribution < -0.4 is 10.1 Å². The normalized spacial score (nSPS) is 12.2. The molecule has 0 amide bonds. The first kappa shape index (κ1) is 15.4. The second-order valence-corrected chi connectivity index (χ2v) is 4.92. The van der Waals surface area contributed by atoms with E-state index in [0.29, 0.717) is 5.75 Å². The molecule has 2 rings (SSSR count). The zero-order chi connectivity index (χ0) is 15.2. The van der Waals surface area contributed by atoms with Crippen LogP contribution in [-0.2, 0) is 0 Å². The van der Waals surface area contributed by atoms with Crippen LogP contribution in [0.25, 0.3) is 0 Å². The van der Waals surface area contributed by atoms with Gasteiger partial charge in [-0.1, -0.05) is 19.1 Å². The molecule has 0 aliphatic rings. The SMILES string of the molecule is CCCNC(C)c1ccc(Oc2ccc(F)cc2F)cc1. The van der Waals surface area contributed by atoms with E-state index < -0.39 is 11.6 Å². The molecule has 0 aliphatic carbocycles. The molecule has 21 heavy (non-hydrogen) atoms. The number of hydrogen-bond acceptors (Lipinski definition) is 2. The molecular formula is C17H19F2NO. The smallest absolute Gasteiger partial charge is 0.168 e. The molecule has 2 nitrogen and oxygen atoms in total. The van der Waals surface area contributed by atoms with Crippen molar-refractivity contribution in [3.8, 4) is 11.5 Å². The van der Waals surface area contributed by atoms with Crippen LogP contribution in [0.3, 0.4) is 0 Å². The second-order valence-electron chi connectivity index (χ2n) is 4.92. The van der Waals surface area contributed by atoms with Gasteiger partial charge >= 0.3 is 0 Å². The van der Waals surface area contributed by atoms with Crippen LogP contribution >= 0.6 is 0 Å². The Bertz CT molecular complexity index is 584. The fraction of sp³-hybridized carbons (Fsp3) is 0.294. The van der Waals surface area contributed by atoms with E-state index >= 15 is 0 Å². The molecule has 1 N–H and O–H groups in total. The third-order valence-corrected chi connectivity index (χ3v) is 3.20. The molecule has 0 radical (unpaired) electrons. The molecular weight excluding hydrogens is 272 g/mol. The Labute approximate surface area is 123 Å². The summed E-state index contributed by atoms with van der Waals surface area (Å²) in [7, 11) is 0. The number of benzene rings is 2. The molecule has 2 aromatic carbocycles. The van der Waals surface area contributed by atoms with Gasteiger partial charge in [0.1, 0.15) is 11.6 Å². The Morgan fingerprint density at radius 1 is 1.10 bits per heavy atom. The first-order valence-corrected chi connectivity index (χ1v) is 7.06. The minimum absolute atomic E-state index is 0.0151. The van der Waals surface area contributed by atoms with Gasteiger partial charge < -0.3 is 10.1 Å². The van der Waals surface area contributed by atoms with Gasteiger partial charge in [-0.25, -0.2) is 8.78 Å². The summed E-state index contributed by atoms with van der Waals surface area (Å²) in [5.41, 5.74) is 1.13. The van der Waals surface area contributed by atoms with Crippen molar-refractivity contribution >= 4 is 0 Å². The molecule has 0 spiro atoms. The number of nitrogens with one attached hydrogen (secondary N) is 1. The van der Waals surface area contributed by atoms with E-state index in [2.05, 4.69) is 19.2 Å². The second kappa shape index (κ2) is 7.18. The van der Waals surface area contributed by atoms with Gasteiger partial charge in [-0.05, 0) is 49.7 Å². The fourth-order valence-corrected chi connectivity index (χ4v) is 1.99. The van der Waals surface area contributed by atoms with Gasteiger partial charge in [0.05, 0.1) is 0 Å². The fourth-order valence-electron chi connectivity index (χ4n) is 1.99. The van der Waals surface area contributed by atoms with Crippen molar-refractivity contribution in [2.75, 3.05) is 6.54 Å². The summed E-state index contributed by atoms with van der Waals surface area (Å²) in [6.07, 6.45) is 1.08. The molecule has 0 saturated carbocycles. The van der Waals surface area contributed by atoms with Gasteiger partial charge in [-0.15, -0.1) is 0 Å². The summed E-state index contributed by atoms with van der Waals surface area (Å²) in [6.45, 7) is 5.17. The Kier molecular flexibility index (Phi) is 5.28. The molecule has 0 saturated heterocycles. The molecule has 4 heteroatoms. The standard InChI is InChI=1S/C17H19F2NO/c1-3-10-20-12(2)13-4-7-15(8-5-13)21-17-9-6-14(18)11-16(17)19/h4-9,11-12,20H,3,10H2,1-2H3. The van der Waals surface area contributed by atoms with Gasteiger partial charge in [0, 0.05) is 12.1 Å². The summed E-state index contributed by atoms with van der Waals surface area (Å²) in [4.78, 5) is 0. The number of hydrogen-bond donors (Lipinski definition) is 1. The quantitative estimate of drug-likeness (QED) is 0.824. The molecule has 0 heterocycles. The zero-order valence-electron chi connectivity index (χ0n) is 12.2. The van der Waals surface area contributed by atoms with Gasteiger partial charge in [-0.2, -0.15) is 0 Å². The van der Waals surface area contributed by atoms with Crippen LogP contribution in [-0.4, -0.2) is 6.54 Å². The maximum atomic E-state index is 13.5. The van der Waals surface area contributed by atoms with Crippen LogP contribution in [0.4, 0.5) is 8.78 Å². The maximum absolute atomic E-state index is 13.5. The van der Waals surface area contributed by atoms with E-state index in [4.69, 9.17) is 4.74 Å². The third-order valence-electron chi connectivity index (χ3n) is 3.20. The Hall–Kier alpha value is -1.94. The zero-order valence-corrected chi connectivity index (χ0v) is 12.2. The van der Waals surface area contributed by atoms with Crippen molar-refractivity contribution in [1.82, 2.24) is 5.32 Å². The van der Waals surface area contributed by atoms with E-state index in [1.165, 1.54) is 12.1 Å². The highest BCUT2D eigenvalue weighted by molar-refractivity contribution is 5.34. The highest BCUT2D eigenvalue weighted by Crippen LogP contribution is 2.26. The number of ether oxygens (including phenoxy) is 1. The van der Waals surface area contributed by atoms with Crippen molar-refractivity contribution < 1.29 is 13.5 Å². The monoisotopic (exact) mass is 291 g/mol. The molecule has 1 atom stereocenters. The summed E-state index contributed by atoms with van der Waals surface area (Å²) in [5.74, 6) is -0.795. The lowest BCUT2D eigenvalue weighted by molar-refractivity contribution is 0.437. The topological polar surface area (TPSA) is 21.3 Å². The minimum atomic E-state index is -0.711. The summed E-state index contributed by atoms with van der Waals surface area (Å²) in [6, 6.07) is 10.9. The predicted molar refractivity (Wildman–Crippen MR) is 79.6 cm³/mol. The van der Waals surface area contributed by atoms with Crippen molar-refractivity contribution in [1.29, 1.82) is 0 Å². The first-order chi connectivity index (χ1) is 10.1. The Balaban J connectivity index is 2.05. The van der Waals surface area contributed by atoms with E-state index in [1.807, 2.05) is 12.1 Å². The summed E-state index contributed by atoms with van der Waals surface area (Å²) in [5, 5.41) is 3.39. The van der Waals surface area contributed by atoms with E-state index in [0.717, 1.165) is 24.6 Å². The lowest BCUT2D eigenvalue weighted by Crippen LogP contribution is -2.19. The average molecular weight is 291 g/mol. The molecule has 0 aromatic heterocycles. The van der Waals surface area contributed by atoms with Crippen molar-refractivity contribution in [3.63, 3.8) is 0 Å². The summed E-state index contributed by atoms with van der Waals surface area (Å²) < 4.78 is 31.8. The molecule has 0 bridgehead atoms. The van der Waals surface area contributed by atoms with Crippen LogP contribution in [0.2, 0.25) is 0 Å². The van der Waals surface area contributed by atoms with Crippen molar-refractivity contribution in [2.24, 2.45) is 0 Å². The summed E-state index contributed by atoms with van der Waals surface area (Å²) >= 11 is 0. The molecule has 2 aromatic rings. The average Bonchev–Trinajstić information content (AvgIpc) is 2.48. The Morgan fingerprint density at radius 2 is 1.81 bits per heavy atom. The Morgan fingerprint density at radius 3 is 2.43 bits per heavy atom. The van der Waals surface area contributed by atoms with Gasteiger partial charge in [0.2, 0.25) is 0 Å². The predicted octanol–water partition coefficient (Wildman–Crippen LogP) is 4.82. The minimum Gasteiger partial charge on any atom is -0.454 e. The lowest BCUT2D eigenvalue weighted by Gasteiger charge is -2.14. The highest BCUT2D eigenvalue weighted by Gasteiger charge is 2.08.